The van der Waals surface area contributed by atoms with Crippen molar-refractivity contribution in [1.82, 2.24) is 9.80 Å². The number of carbonyl (C=O) groups is 1. The van der Waals surface area contributed by atoms with Crippen molar-refractivity contribution < 1.29 is 14.6 Å². The molecule has 5 heteroatoms. The molecule has 1 aromatic carbocycles. The number of piperazine rings is 1. The number of carbonyl (C=O) groups excluding carboxylic acids is 1. The number of ether oxygens (including phenoxy) is 1. The lowest BCUT2D eigenvalue weighted by atomic mass is 10.1. The number of nitrogens with zero attached hydrogens (tertiary/aromatic N) is 2. The van der Waals surface area contributed by atoms with E-state index in [2.05, 4.69) is 30.9 Å². The van der Waals surface area contributed by atoms with Gasteiger partial charge in [-0.3, -0.25) is 4.90 Å². The van der Waals surface area contributed by atoms with Gasteiger partial charge in [0.15, 0.2) is 0 Å². The maximum Gasteiger partial charge on any atom is 0.410 e. The molecule has 5 nitrogen and oxygen atoms in total. The van der Waals surface area contributed by atoms with Gasteiger partial charge in [-0.2, -0.15) is 0 Å². The highest BCUT2D eigenvalue weighted by Gasteiger charge is 2.35. The number of aliphatic hydroxyl groups excluding tert-OH is 1. The molecule has 0 unspecified atom stereocenters. The van der Waals surface area contributed by atoms with Crippen LogP contribution >= 0.6 is 0 Å². The van der Waals surface area contributed by atoms with E-state index in [0.29, 0.717) is 0 Å². The molecular weight excluding hydrogens is 304 g/mol. The van der Waals surface area contributed by atoms with Gasteiger partial charge >= 0.3 is 6.09 Å². The van der Waals surface area contributed by atoms with Crippen LogP contribution in [0.2, 0.25) is 0 Å². The average molecular weight is 334 g/mol. The maximum absolute atomic E-state index is 12.4. The molecule has 0 aliphatic carbocycles. The van der Waals surface area contributed by atoms with Crippen LogP contribution in [-0.2, 0) is 17.9 Å². The van der Waals surface area contributed by atoms with E-state index < -0.39 is 5.60 Å². The molecule has 1 aromatic rings. The number of rotatable bonds is 3. The molecule has 0 radical (unpaired) electrons. The molecule has 1 amide bonds. The molecule has 2 rings (SSSR count). The molecule has 24 heavy (non-hydrogen) atoms. The Bertz CT molecular complexity index is 539. The molecule has 0 aromatic heterocycles. The van der Waals surface area contributed by atoms with Crippen LogP contribution in [0.1, 0.15) is 45.7 Å². The summed E-state index contributed by atoms with van der Waals surface area (Å²) in [7, 11) is 0. The maximum atomic E-state index is 12.4. The van der Waals surface area contributed by atoms with E-state index in [1.807, 2.05) is 37.8 Å². The molecule has 1 heterocycles. The summed E-state index contributed by atoms with van der Waals surface area (Å²) in [5.74, 6) is 0. The third kappa shape index (κ3) is 4.95. The zero-order valence-corrected chi connectivity index (χ0v) is 15.5. The molecule has 0 saturated carbocycles. The second kappa shape index (κ2) is 7.53. The van der Waals surface area contributed by atoms with Gasteiger partial charge in [-0.05, 0) is 45.7 Å². The Labute approximate surface area is 145 Å². The minimum absolute atomic E-state index is 0.0723. The average Bonchev–Trinajstić information content (AvgIpc) is 2.45. The lowest BCUT2D eigenvalue weighted by Gasteiger charge is -2.44. The van der Waals surface area contributed by atoms with E-state index in [9.17, 15) is 4.79 Å². The van der Waals surface area contributed by atoms with Crippen molar-refractivity contribution >= 4 is 6.09 Å². The van der Waals surface area contributed by atoms with Crippen LogP contribution < -0.4 is 0 Å². The fourth-order valence-corrected chi connectivity index (χ4v) is 3.24. The van der Waals surface area contributed by atoms with E-state index in [1.165, 1.54) is 5.56 Å². The SMILES string of the molecule is C[C@@H]1CN(Cc2ccc(CO)cc2)C[C@H](C)N1C(=O)OC(C)(C)C. The van der Waals surface area contributed by atoms with Gasteiger partial charge in [-0.25, -0.2) is 4.79 Å². The van der Waals surface area contributed by atoms with Gasteiger partial charge in [-0.1, -0.05) is 24.3 Å². The number of hydrogen-bond donors (Lipinski definition) is 1. The zero-order chi connectivity index (χ0) is 17.9. The summed E-state index contributed by atoms with van der Waals surface area (Å²) in [5.41, 5.74) is 1.68. The molecule has 1 saturated heterocycles. The molecule has 1 N–H and O–H groups in total. The predicted molar refractivity (Wildman–Crippen MR) is 94.6 cm³/mol. The van der Waals surface area contributed by atoms with Gasteiger partial charge in [0.25, 0.3) is 0 Å². The summed E-state index contributed by atoms with van der Waals surface area (Å²) in [6.07, 6.45) is -0.227. The van der Waals surface area contributed by atoms with Crippen LogP contribution in [0.25, 0.3) is 0 Å². The summed E-state index contributed by atoms with van der Waals surface area (Å²) < 4.78 is 5.54. The van der Waals surface area contributed by atoms with Crippen molar-refractivity contribution in [2.45, 2.75) is 65.5 Å². The molecule has 1 aliphatic heterocycles. The Hall–Kier alpha value is -1.59. The smallest absolute Gasteiger partial charge is 0.410 e. The summed E-state index contributed by atoms with van der Waals surface area (Å²) in [5, 5.41) is 9.12. The Kier molecular flexibility index (Phi) is 5.88. The minimum atomic E-state index is -0.470. The summed E-state index contributed by atoms with van der Waals surface area (Å²) >= 11 is 0. The first-order valence-electron chi connectivity index (χ1n) is 8.62. The number of hydrogen-bond acceptors (Lipinski definition) is 4. The van der Waals surface area contributed by atoms with Crippen LogP contribution in [0.3, 0.4) is 0 Å². The monoisotopic (exact) mass is 334 g/mol. The van der Waals surface area contributed by atoms with Crippen molar-refractivity contribution in [2.75, 3.05) is 13.1 Å². The van der Waals surface area contributed by atoms with E-state index in [4.69, 9.17) is 9.84 Å². The van der Waals surface area contributed by atoms with E-state index in [-0.39, 0.29) is 24.8 Å². The number of amides is 1. The van der Waals surface area contributed by atoms with Crippen LogP contribution in [0.5, 0.6) is 0 Å². The molecule has 0 bridgehead atoms. The Morgan fingerprint density at radius 2 is 1.62 bits per heavy atom. The minimum Gasteiger partial charge on any atom is -0.444 e. The van der Waals surface area contributed by atoms with Gasteiger partial charge < -0.3 is 14.7 Å². The molecule has 1 fully saturated rings. The standard InChI is InChI=1S/C19H30N2O3/c1-14-10-20(12-16-6-8-17(13-22)9-7-16)11-15(2)21(14)18(23)24-19(3,4)5/h6-9,14-15,22H,10-13H2,1-5H3/t14-,15+. The Morgan fingerprint density at radius 1 is 1.12 bits per heavy atom. The lowest BCUT2D eigenvalue weighted by molar-refractivity contribution is -0.0162. The largest absolute Gasteiger partial charge is 0.444 e. The van der Waals surface area contributed by atoms with Crippen LogP contribution in [0.15, 0.2) is 24.3 Å². The van der Waals surface area contributed by atoms with Crippen molar-refractivity contribution in [2.24, 2.45) is 0 Å². The molecule has 2 atom stereocenters. The first-order valence-corrected chi connectivity index (χ1v) is 8.62. The van der Waals surface area contributed by atoms with Crippen molar-refractivity contribution in [3.8, 4) is 0 Å². The highest BCUT2D eigenvalue weighted by molar-refractivity contribution is 5.69. The third-order valence-electron chi connectivity index (χ3n) is 4.21. The van der Waals surface area contributed by atoms with Crippen molar-refractivity contribution in [3.05, 3.63) is 35.4 Å². The predicted octanol–water partition coefficient (Wildman–Crippen LogP) is 3.01. The second-order valence-corrected chi connectivity index (χ2v) is 7.75. The quantitative estimate of drug-likeness (QED) is 0.923. The van der Waals surface area contributed by atoms with E-state index in [0.717, 1.165) is 25.2 Å². The Morgan fingerprint density at radius 3 is 2.08 bits per heavy atom. The Balaban J connectivity index is 1.97. The van der Waals surface area contributed by atoms with Gasteiger partial charge in [0, 0.05) is 31.7 Å². The first kappa shape index (κ1) is 18.7. The zero-order valence-electron chi connectivity index (χ0n) is 15.5. The third-order valence-corrected chi connectivity index (χ3v) is 4.21. The van der Waals surface area contributed by atoms with E-state index >= 15 is 0 Å². The van der Waals surface area contributed by atoms with Gasteiger partial charge in [0.1, 0.15) is 5.60 Å². The van der Waals surface area contributed by atoms with Crippen LogP contribution in [-0.4, -0.2) is 51.8 Å². The second-order valence-electron chi connectivity index (χ2n) is 7.75. The molecule has 134 valence electrons. The highest BCUT2D eigenvalue weighted by atomic mass is 16.6. The highest BCUT2D eigenvalue weighted by Crippen LogP contribution is 2.21. The van der Waals surface area contributed by atoms with Gasteiger partial charge in [-0.15, -0.1) is 0 Å². The summed E-state index contributed by atoms with van der Waals surface area (Å²) in [6, 6.07) is 8.25. The van der Waals surface area contributed by atoms with Crippen molar-refractivity contribution in [1.29, 1.82) is 0 Å². The lowest BCUT2D eigenvalue weighted by Crippen LogP contribution is -2.59. The fraction of sp³-hybridized carbons (Fsp3) is 0.632. The van der Waals surface area contributed by atoms with Gasteiger partial charge in [0.2, 0.25) is 0 Å². The van der Waals surface area contributed by atoms with Gasteiger partial charge in [0.05, 0.1) is 6.61 Å². The molecule has 1 aliphatic rings. The summed E-state index contributed by atoms with van der Waals surface area (Å²) in [4.78, 5) is 16.7. The topological polar surface area (TPSA) is 53.0 Å². The normalized spacial score (nSPS) is 22.5. The summed E-state index contributed by atoms with van der Waals surface area (Å²) in [6.45, 7) is 12.4. The number of benzene rings is 1. The first-order chi connectivity index (χ1) is 11.2. The van der Waals surface area contributed by atoms with Crippen LogP contribution in [0, 0.1) is 0 Å². The molecular formula is C19H30N2O3. The van der Waals surface area contributed by atoms with Crippen molar-refractivity contribution in [3.63, 3.8) is 0 Å². The molecule has 0 spiro atoms. The van der Waals surface area contributed by atoms with E-state index in [1.54, 1.807) is 0 Å². The fourth-order valence-electron chi connectivity index (χ4n) is 3.24. The van der Waals surface area contributed by atoms with Crippen LogP contribution in [0.4, 0.5) is 4.79 Å². The number of aliphatic hydroxyl groups is 1.